The van der Waals surface area contributed by atoms with Crippen LogP contribution in [0.4, 0.5) is 9.57 Å². The molecule has 0 saturated carbocycles. The van der Waals surface area contributed by atoms with Gasteiger partial charge in [0.2, 0.25) is 0 Å². The molecule has 0 atom stereocenters. The average Bonchev–Trinajstić information content (AvgIpc) is 2.30. The molecule has 8 heteroatoms. The summed E-state index contributed by atoms with van der Waals surface area (Å²) >= 11 is 5.28. The number of hydrogen-bond donors (Lipinski definition) is 2. The number of thiol groups is 1. The molecule has 16 heavy (non-hydrogen) atoms. The first-order valence-corrected chi connectivity index (χ1v) is 5.11. The second-order valence-corrected chi connectivity index (χ2v) is 3.43. The van der Waals surface area contributed by atoms with Crippen LogP contribution in [0.1, 0.15) is 5.56 Å². The smallest absolute Gasteiger partial charge is 0.311 e. The lowest BCUT2D eigenvalue weighted by Crippen LogP contribution is -2.01. The van der Waals surface area contributed by atoms with E-state index in [0.29, 0.717) is 10.0 Å². The van der Waals surface area contributed by atoms with Crippen LogP contribution in [0, 0.1) is 10.1 Å². The third-order valence-corrected chi connectivity index (χ3v) is 2.50. The van der Waals surface area contributed by atoms with E-state index in [4.69, 9.17) is 10.5 Å². The largest absolute Gasteiger partial charge is 0.490 e. The van der Waals surface area contributed by atoms with Gasteiger partial charge in [0, 0.05) is 36.2 Å². The first kappa shape index (κ1) is 15.1. The van der Waals surface area contributed by atoms with Crippen molar-refractivity contribution in [3.63, 3.8) is 0 Å². The molecule has 0 aliphatic heterocycles. The quantitative estimate of drug-likeness (QED) is 0.511. The van der Waals surface area contributed by atoms with Crippen LogP contribution in [-0.2, 0) is 6.54 Å². The Labute approximate surface area is 106 Å². The van der Waals surface area contributed by atoms with Crippen LogP contribution in [0.25, 0.3) is 0 Å². The number of rotatable bonds is 3. The van der Waals surface area contributed by atoms with Gasteiger partial charge in [0.1, 0.15) is 0 Å². The standard InChI is InChI=1S/C8H9BrN2O3.FHS/c1-14-8-3-6(9)5(4-10)2-7(8)11(12)13;1-2/h2-3H,4,10H2,1H3;2H. The molecular weight excluding hydrogens is 303 g/mol. The summed E-state index contributed by atoms with van der Waals surface area (Å²) < 4.78 is 14.8. The Morgan fingerprint density at radius 3 is 2.56 bits per heavy atom. The van der Waals surface area contributed by atoms with Gasteiger partial charge in [-0.25, -0.2) is 0 Å². The predicted molar refractivity (Wildman–Crippen MR) is 65.3 cm³/mol. The van der Waals surface area contributed by atoms with Crippen LogP contribution in [0.2, 0.25) is 0 Å². The number of nitro benzene ring substituents is 1. The second kappa shape index (κ2) is 7.42. The van der Waals surface area contributed by atoms with Crippen molar-refractivity contribution in [2.75, 3.05) is 7.11 Å². The highest BCUT2D eigenvalue weighted by Crippen LogP contribution is 2.32. The minimum atomic E-state index is -0.496. The van der Waals surface area contributed by atoms with Crippen LogP contribution in [0.3, 0.4) is 0 Å². The van der Waals surface area contributed by atoms with Crippen molar-refractivity contribution < 1.29 is 13.5 Å². The fourth-order valence-corrected chi connectivity index (χ4v) is 1.53. The lowest BCUT2D eigenvalue weighted by atomic mass is 10.2. The van der Waals surface area contributed by atoms with Crippen LogP contribution in [0.5, 0.6) is 5.75 Å². The lowest BCUT2D eigenvalue weighted by Gasteiger charge is -2.05. The van der Waals surface area contributed by atoms with E-state index in [0.717, 1.165) is 0 Å². The van der Waals surface area contributed by atoms with Gasteiger partial charge in [-0.05, 0) is 5.56 Å². The van der Waals surface area contributed by atoms with E-state index in [9.17, 15) is 14.0 Å². The highest BCUT2D eigenvalue weighted by Gasteiger charge is 2.17. The molecule has 0 amide bonds. The summed E-state index contributed by atoms with van der Waals surface area (Å²) in [7, 11) is 1.39. The fraction of sp³-hybridized carbons (Fsp3) is 0.250. The molecule has 0 fully saturated rings. The Balaban J connectivity index is 0.00000106. The topological polar surface area (TPSA) is 78.4 Å². The molecule has 0 unspecified atom stereocenters. The minimum Gasteiger partial charge on any atom is -0.490 e. The molecular formula is C8H10BrFN2O3S. The van der Waals surface area contributed by atoms with E-state index in [1.165, 1.54) is 13.2 Å². The molecule has 0 spiro atoms. The maximum absolute atomic E-state index is 10.6. The van der Waals surface area contributed by atoms with Gasteiger partial charge in [0.15, 0.2) is 5.75 Å². The second-order valence-electron chi connectivity index (χ2n) is 2.58. The summed E-state index contributed by atoms with van der Waals surface area (Å²) in [6.45, 7) is 0.241. The van der Waals surface area contributed by atoms with Crippen LogP contribution < -0.4 is 10.5 Å². The van der Waals surface area contributed by atoms with E-state index in [1.807, 2.05) is 13.0 Å². The van der Waals surface area contributed by atoms with Gasteiger partial charge >= 0.3 is 5.69 Å². The van der Waals surface area contributed by atoms with E-state index in [-0.39, 0.29) is 18.0 Å². The van der Waals surface area contributed by atoms with E-state index in [2.05, 4.69) is 15.9 Å². The monoisotopic (exact) mass is 312 g/mol. The number of hydrogen-bond acceptors (Lipinski definition) is 5. The zero-order chi connectivity index (χ0) is 12.7. The number of benzene rings is 1. The Kier molecular flexibility index (Phi) is 7.02. The summed E-state index contributed by atoms with van der Waals surface area (Å²) in [6, 6.07) is 2.95. The van der Waals surface area contributed by atoms with Crippen molar-refractivity contribution in [2.24, 2.45) is 5.73 Å². The average molecular weight is 313 g/mol. The molecule has 0 aromatic heterocycles. The fourth-order valence-electron chi connectivity index (χ4n) is 1.05. The van der Waals surface area contributed by atoms with Crippen LogP contribution in [-0.4, -0.2) is 12.0 Å². The minimum absolute atomic E-state index is 0.0730. The van der Waals surface area contributed by atoms with Crippen molar-refractivity contribution in [2.45, 2.75) is 6.54 Å². The molecule has 1 aromatic rings. The molecule has 90 valence electrons. The Hall–Kier alpha value is -0.860. The summed E-state index contributed by atoms with van der Waals surface area (Å²) in [5.74, 6) is 0.221. The SMILES string of the molecule is COc1cc(Br)c(CN)cc1[N+](=O)[O-].FS. The zero-order valence-electron chi connectivity index (χ0n) is 8.31. The molecule has 5 nitrogen and oxygen atoms in total. The third-order valence-electron chi connectivity index (χ3n) is 1.76. The zero-order valence-corrected chi connectivity index (χ0v) is 10.8. The third kappa shape index (κ3) is 3.62. The van der Waals surface area contributed by atoms with Gasteiger partial charge in [-0.15, -0.1) is 0 Å². The summed E-state index contributed by atoms with van der Waals surface area (Å²) in [6.07, 6.45) is 0. The van der Waals surface area contributed by atoms with Gasteiger partial charge in [0.25, 0.3) is 0 Å². The molecule has 0 radical (unpaired) electrons. The van der Waals surface area contributed by atoms with E-state index >= 15 is 0 Å². The summed E-state index contributed by atoms with van der Waals surface area (Å²) in [4.78, 5) is 10.1. The lowest BCUT2D eigenvalue weighted by molar-refractivity contribution is -0.385. The van der Waals surface area contributed by atoms with Crippen molar-refractivity contribution in [3.05, 3.63) is 32.3 Å². The molecule has 0 saturated heterocycles. The van der Waals surface area contributed by atoms with Crippen LogP contribution >= 0.6 is 28.9 Å². The number of halogens is 2. The van der Waals surface area contributed by atoms with Crippen molar-refractivity contribution in [1.82, 2.24) is 0 Å². The van der Waals surface area contributed by atoms with E-state index < -0.39 is 4.92 Å². The number of nitrogens with two attached hydrogens (primary N) is 1. The van der Waals surface area contributed by atoms with Gasteiger partial charge < -0.3 is 10.5 Å². The molecule has 0 aliphatic carbocycles. The molecule has 0 bridgehead atoms. The summed E-state index contributed by atoms with van der Waals surface area (Å²) in [5.41, 5.74) is 6.02. The number of methoxy groups -OCH3 is 1. The van der Waals surface area contributed by atoms with Gasteiger partial charge in [0.05, 0.1) is 12.0 Å². The Bertz CT molecular complexity index is 379. The highest BCUT2D eigenvalue weighted by molar-refractivity contribution is 9.10. The highest BCUT2D eigenvalue weighted by atomic mass is 79.9. The van der Waals surface area contributed by atoms with Gasteiger partial charge in [-0.2, -0.15) is 3.89 Å². The van der Waals surface area contributed by atoms with E-state index in [1.54, 1.807) is 6.07 Å². The van der Waals surface area contributed by atoms with Gasteiger partial charge in [-0.1, -0.05) is 15.9 Å². The van der Waals surface area contributed by atoms with Crippen LogP contribution in [0.15, 0.2) is 16.6 Å². The molecule has 0 heterocycles. The number of nitro groups is 1. The first-order valence-electron chi connectivity index (χ1n) is 3.98. The van der Waals surface area contributed by atoms with Crippen molar-refractivity contribution in [1.29, 1.82) is 0 Å². The normalized spacial score (nSPS) is 9.06. The molecule has 2 N–H and O–H groups in total. The Morgan fingerprint density at radius 1 is 1.62 bits per heavy atom. The Morgan fingerprint density at radius 2 is 2.19 bits per heavy atom. The molecule has 1 rings (SSSR count). The molecule has 0 aliphatic rings. The van der Waals surface area contributed by atoms with Gasteiger partial charge in [-0.3, -0.25) is 10.1 Å². The maximum Gasteiger partial charge on any atom is 0.311 e. The maximum atomic E-state index is 10.6. The summed E-state index contributed by atoms with van der Waals surface area (Å²) in [5, 5.41) is 10.6. The first-order chi connectivity index (χ1) is 7.60. The van der Waals surface area contributed by atoms with Crippen molar-refractivity contribution in [3.8, 4) is 5.75 Å². The number of nitrogens with zero attached hydrogens (tertiary/aromatic N) is 1. The van der Waals surface area contributed by atoms with Crippen molar-refractivity contribution >= 4 is 34.6 Å². The molecule has 1 aromatic carbocycles. The predicted octanol–water partition coefficient (Wildman–Crippen LogP) is 2.63. The number of ether oxygens (including phenoxy) is 1.